The molecule has 6 nitrogen and oxygen atoms in total. The Labute approximate surface area is 141 Å². The predicted octanol–water partition coefficient (Wildman–Crippen LogP) is 1.64. The molecule has 0 aliphatic heterocycles. The number of likely N-dealkylation sites (N-methyl/N-ethyl adjacent to an activating group) is 1. The van der Waals surface area contributed by atoms with Gasteiger partial charge < -0.3 is 14.8 Å². The summed E-state index contributed by atoms with van der Waals surface area (Å²) in [5.74, 6) is -0.641. The van der Waals surface area contributed by atoms with Gasteiger partial charge in [-0.05, 0) is 25.1 Å². The van der Waals surface area contributed by atoms with Crippen molar-refractivity contribution in [2.45, 2.75) is 12.5 Å². The molecule has 0 saturated heterocycles. The minimum absolute atomic E-state index is 0.0535. The van der Waals surface area contributed by atoms with Crippen molar-refractivity contribution in [2.75, 3.05) is 41.0 Å². The molecule has 0 aliphatic rings. The predicted molar refractivity (Wildman–Crippen MR) is 88.3 cm³/mol. The van der Waals surface area contributed by atoms with Crippen molar-refractivity contribution in [3.05, 3.63) is 34.9 Å². The summed E-state index contributed by atoms with van der Waals surface area (Å²) < 4.78 is 9.77. The second-order valence-corrected chi connectivity index (χ2v) is 5.47. The van der Waals surface area contributed by atoms with Gasteiger partial charge in [-0.1, -0.05) is 29.8 Å². The Morgan fingerprint density at radius 1 is 1.30 bits per heavy atom. The van der Waals surface area contributed by atoms with E-state index in [0.717, 1.165) is 6.42 Å². The van der Waals surface area contributed by atoms with Gasteiger partial charge in [-0.15, -0.1) is 0 Å². The minimum Gasteiger partial charge on any atom is -0.468 e. The van der Waals surface area contributed by atoms with Crippen molar-refractivity contribution in [3.8, 4) is 0 Å². The Hall–Kier alpha value is -1.63. The van der Waals surface area contributed by atoms with Gasteiger partial charge in [-0.25, -0.2) is 4.79 Å². The lowest BCUT2D eigenvalue weighted by molar-refractivity contribution is -0.147. The van der Waals surface area contributed by atoms with Crippen LogP contribution in [0.2, 0.25) is 5.02 Å². The number of esters is 1. The molecule has 7 heteroatoms. The monoisotopic (exact) mass is 342 g/mol. The molecule has 1 atom stereocenters. The van der Waals surface area contributed by atoms with Crippen LogP contribution in [-0.4, -0.2) is 57.7 Å². The van der Waals surface area contributed by atoms with Gasteiger partial charge >= 0.3 is 5.97 Å². The Balaban J connectivity index is 2.74. The SMILES string of the molecule is COCCCNC(=O)CN(C)C(C(=O)OC)c1ccccc1Cl. The van der Waals surface area contributed by atoms with Crippen molar-refractivity contribution in [2.24, 2.45) is 0 Å². The molecule has 0 heterocycles. The fourth-order valence-corrected chi connectivity index (χ4v) is 2.41. The van der Waals surface area contributed by atoms with Crippen LogP contribution in [0.5, 0.6) is 0 Å². The third-order valence-corrected chi connectivity index (χ3v) is 3.65. The molecule has 1 aromatic rings. The summed E-state index contributed by atoms with van der Waals surface area (Å²) in [5.41, 5.74) is 0.607. The summed E-state index contributed by atoms with van der Waals surface area (Å²) in [4.78, 5) is 25.7. The third kappa shape index (κ3) is 6.17. The lowest BCUT2D eigenvalue weighted by Crippen LogP contribution is -2.40. The largest absolute Gasteiger partial charge is 0.468 e. The van der Waals surface area contributed by atoms with Crippen LogP contribution in [0.4, 0.5) is 0 Å². The molecular formula is C16H23ClN2O4. The lowest BCUT2D eigenvalue weighted by atomic mass is 10.1. The van der Waals surface area contributed by atoms with Gasteiger partial charge in [0.05, 0.1) is 13.7 Å². The highest BCUT2D eigenvalue weighted by Gasteiger charge is 2.29. The number of amides is 1. The molecule has 23 heavy (non-hydrogen) atoms. The maximum absolute atomic E-state index is 12.1. The first-order valence-corrected chi connectivity index (χ1v) is 7.67. The highest BCUT2D eigenvalue weighted by Crippen LogP contribution is 2.27. The summed E-state index contributed by atoms with van der Waals surface area (Å²) in [6.07, 6.45) is 0.733. The molecule has 0 saturated carbocycles. The number of halogens is 1. The zero-order valence-electron chi connectivity index (χ0n) is 13.7. The number of benzene rings is 1. The molecule has 1 amide bonds. The van der Waals surface area contributed by atoms with Crippen LogP contribution in [0.3, 0.4) is 0 Å². The smallest absolute Gasteiger partial charge is 0.327 e. The third-order valence-electron chi connectivity index (χ3n) is 3.31. The van der Waals surface area contributed by atoms with Crippen LogP contribution in [-0.2, 0) is 19.1 Å². The summed E-state index contributed by atoms with van der Waals surface area (Å²) in [6, 6.07) is 6.28. The zero-order valence-corrected chi connectivity index (χ0v) is 14.4. The van der Waals surface area contributed by atoms with Gasteiger partial charge in [-0.2, -0.15) is 0 Å². The Morgan fingerprint density at radius 3 is 2.61 bits per heavy atom. The van der Waals surface area contributed by atoms with Gasteiger partial charge in [0.25, 0.3) is 0 Å². The number of hydrogen-bond donors (Lipinski definition) is 1. The van der Waals surface area contributed by atoms with Crippen LogP contribution in [0.1, 0.15) is 18.0 Å². The van der Waals surface area contributed by atoms with Gasteiger partial charge in [0.2, 0.25) is 5.91 Å². The molecule has 1 aromatic carbocycles. The maximum atomic E-state index is 12.1. The summed E-state index contributed by atoms with van der Waals surface area (Å²) >= 11 is 6.17. The van der Waals surface area contributed by atoms with Crippen molar-refractivity contribution < 1.29 is 19.1 Å². The van der Waals surface area contributed by atoms with E-state index in [-0.39, 0.29) is 12.5 Å². The quantitative estimate of drug-likeness (QED) is 0.546. The lowest BCUT2D eigenvalue weighted by Gasteiger charge is -2.26. The molecule has 0 bridgehead atoms. The van der Waals surface area contributed by atoms with E-state index in [0.29, 0.717) is 23.7 Å². The van der Waals surface area contributed by atoms with Gasteiger partial charge in [-0.3, -0.25) is 9.69 Å². The van der Waals surface area contributed by atoms with Gasteiger partial charge in [0.15, 0.2) is 0 Å². The van der Waals surface area contributed by atoms with E-state index in [9.17, 15) is 9.59 Å². The van der Waals surface area contributed by atoms with E-state index in [2.05, 4.69) is 5.32 Å². The minimum atomic E-state index is -0.738. The fourth-order valence-electron chi connectivity index (χ4n) is 2.17. The van der Waals surface area contributed by atoms with E-state index >= 15 is 0 Å². The van der Waals surface area contributed by atoms with Crippen LogP contribution >= 0.6 is 11.6 Å². The standard InChI is InChI=1S/C16H23ClN2O4/c1-19(11-14(20)18-9-6-10-22-2)15(16(21)23-3)12-7-4-5-8-13(12)17/h4-5,7-8,15H,6,9-11H2,1-3H3,(H,18,20). The maximum Gasteiger partial charge on any atom is 0.327 e. The van der Waals surface area contributed by atoms with Gasteiger partial charge in [0.1, 0.15) is 6.04 Å². The number of carbonyl (C=O) groups is 2. The summed E-state index contributed by atoms with van der Waals surface area (Å²) in [6.45, 7) is 1.16. The van der Waals surface area contributed by atoms with Crippen LogP contribution in [0, 0.1) is 0 Å². The summed E-state index contributed by atoms with van der Waals surface area (Å²) in [7, 11) is 4.60. The number of carbonyl (C=O) groups excluding carboxylic acids is 2. The Kier molecular flexibility index (Phi) is 8.61. The first-order chi connectivity index (χ1) is 11.0. The molecule has 1 rings (SSSR count). The van der Waals surface area contributed by atoms with E-state index in [1.807, 2.05) is 0 Å². The second-order valence-electron chi connectivity index (χ2n) is 5.06. The molecule has 0 aliphatic carbocycles. The fraction of sp³-hybridized carbons (Fsp3) is 0.500. The number of methoxy groups -OCH3 is 2. The molecule has 128 valence electrons. The number of hydrogen-bond acceptors (Lipinski definition) is 5. The number of nitrogens with one attached hydrogen (secondary N) is 1. The Bertz CT molecular complexity index is 525. The molecule has 0 fully saturated rings. The van der Waals surface area contributed by atoms with Crippen LogP contribution < -0.4 is 5.32 Å². The highest BCUT2D eigenvalue weighted by atomic mass is 35.5. The molecular weight excluding hydrogens is 320 g/mol. The van der Waals surface area contributed by atoms with Crippen molar-refractivity contribution in [3.63, 3.8) is 0 Å². The van der Waals surface area contributed by atoms with Crippen molar-refractivity contribution in [1.29, 1.82) is 0 Å². The number of rotatable bonds is 9. The molecule has 1 N–H and O–H groups in total. The first kappa shape index (κ1) is 19.4. The van der Waals surface area contributed by atoms with E-state index in [4.69, 9.17) is 21.1 Å². The molecule has 0 aromatic heterocycles. The molecule has 0 radical (unpaired) electrons. The topological polar surface area (TPSA) is 67.9 Å². The van der Waals surface area contributed by atoms with Crippen LogP contribution in [0.15, 0.2) is 24.3 Å². The Morgan fingerprint density at radius 2 is 2.00 bits per heavy atom. The van der Waals surface area contributed by atoms with Crippen LogP contribution in [0.25, 0.3) is 0 Å². The van der Waals surface area contributed by atoms with Gasteiger partial charge in [0, 0.05) is 25.3 Å². The number of ether oxygens (including phenoxy) is 2. The molecule has 0 spiro atoms. The van der Waals surface area contributed by atoms with Crippen molar-refractivity contribution >= 4 is 23.5 Å². The van der Waals surface area contributed by atoms with E-state index in [1.165, 1.54) is 7.11 Å². The first-order valence-electron chi connectivity index (χ1n) is 7.29. The van der Waals surface area contributed by atoms with E-state index in [1.54, 1.807) is 43.3 Å². The second kappa shape index (κ2) is 10.2. The zero-order chi connectivity index (χ0) is 17.2. The average Bonchev–Trinajstić information content (AvgIpc) is 2.53. The van der Waals surface area contributed by atoms with E-state index < -0.39 is 12.0 Å². The molecule has 1 unspecified atom stereocenters. The van der Waals surface area contributed by atoms with Crippen molar-refractivity contribution in [1.82, 2.24) is 10.2 Å². The highest BCUT2D eigenvalue weighted by molar-refractivity contribution is 6.31. The summed E-state index contributed by atoms with van der Waals surface area (Å²) in [5, 5.41) is 3.23. The average molecular weight is 343 g/mol. The number of nitrogens with zero attached hydrogens (tertiary/aromatic N) is 1. The normalized spacial score (nSPS) is 12.0.